The highest BCUT2D eigenvalue weighted by molar-refractivity contribution is 5.77. The lowest BCUT2D eigenvalue weighted by atomic mass is 9.76. The molecule has 1 saturated carbocycles. The molecule has 1 rings (SSSR count). The van der Waals surface area contributed by atoms with E-state index in [4.69, 9.17) is 4.74 Å². The molecule has 0 spiro atoms. The number of carbonyl (C=O) groups excluding carboxylic acids is 1. The van der Waals surface area contributed by atoms with Gasteiger partial charge in [-0.3, -0.25) is 4.79 Å². The van der Waals surface area contributed by atoms with E-state index in [0.29, 0.717) is 12.0 Å². The molecule has 0 bridgehead atoms. The molecule has 16 heavy (non-hydrogen) atoms. The molecule has 1 N–H and O–H groups in total. The lowest BCUT2D eigenvalue weighted by molar-refractivity contribution is -0.126. The van der Waals surface area contributed by atoms with Crippen LogP contribution < -0.4 is 5.32 Å². The summed E-state index contributed by atoms with van der Waals surface area (Å²) in [6.07, 6.45) is 7.40. The molecule has 1 fully saturated rings. The fourth-order valence-electron chi connectivity index (χ4n) is 2.25. The Bertz CT molecular complexity index is 210. The third-order valence-electron chi connectivity index (χ3n) is 3.35. The van der Waals surface area contributed by atoms with Crippen LogP contribution in [0.2, 0.25) is 0 Å². The molecular formula is C13H25NO2. The molecule has 3 heteroatoms. The second-order valence-electron chi connectivity index (χ2n) is 5.20. The summed E-state index contributed by atoms with van der Waals surface area (Å²) < 4.78 is 5.21. The molecule has 0 atom stereocenters. The maximum Gasteiger partial charge on any atom is 0.246 e. The van der Waals surface area contributed by atoms with Crippen molar-refractivity contribution in [3.05, 3.63) is 0 Å². The van der Waals surface area contributed by atoms with Crippen LogP contribution in [-0.4, -0.2) is 25.7 Å². The molecule has 94 valence electrons. The van der Waals surface area contributed by atoms with Gasteiger partial charge in [0.1, 0.15) is 6.61 Å². The van der Waals surface area contributed by atoms with Crippen LogP contribution >= 0.6 is 0 Å². The van der Waals surface area contributed by atoms with Crippen molar-refractivity contribution in [2.45, 2.75) is 52.4 Å². The predicted molar refractivity (Wildman–Crippen MR) is 65.3 cm³/mol. The van der Waals surface area contributed by atoms with Crippen LogP contribution in [0.5, 0.6) is 0 Å². The monoisotopic (exact) mass is 227 g/mol. The predicted octanol–water partition coefficient (Wildman–Crippen LogP) is 2.50. The Morgan fingerprint density at radius 3 is 2.62 bits per heavy atom. The average Bonchev–Trinajstić information content (AvgIpc) is 2.28. The maximum absolute atomic E-state index is 11.5. The summed E-state index contributed by atoms with van der Waals surface area (Å²) in [4.78, 5) is 11.5. The fraction of sp³-hybridized carbons (Fsp3) is 0.923. The van der Waals surface area contributed by atoms with Gasteiger partial charge in [-0.1, -0.05) is 33.1 Å². The summed E-state index contributed by atoms with van der Waals surface area (Å²) in [6.45, 7) is 6.01. The van der Waals surface area contributed by atoms with Gasteiger partial charge in [0.25, 0.3) is 0 Å². The normalized spacial score (nSPS) is 19.4. The van der Waals surface area contributed by atoms with E-state index in [0.717, 1.165) is 13.0 Å². The van der Waals surface area contributed by atoms with Crippen LogP contribution in [0, 0.1) is 5.41 Å². The first-order chi connectivity index (χ1) is 7.66. The summed E-state index contributed by atoms with van der Waals surface area (Å²) in [5.41, 5.74) is 0.318. The van der Waals surface area contributed by atoms with Gasteiger partial charge < -0.3 is 10.1 Å². The minimum Gasteiger partial charge on any atom is -0.372 e. The first-order valence-corrected chi connectivity index (χ1v) is 6.51. The fourth-order valence-corrected chi connectivity index (χ4v) is 2.25. The lowest BCUT2D eigenvalue weighted by Gasteiger charge is -2.33. The molecule has 0 saturated heterocycles. The molecule has 0 heterocycles. The average molecular weight is 227 g/mol. The Hall–Kier alpha value is -0.570. The third-order valence-corrected chi connectivity index (χ3v) is 3.35. The van der Waals surface area contributed by atoms with Crippen molar-refractivity contribution in [2.75, 3.05) is 19.8 Å². The number of amides is 1. The maximum atomic E-state index is 11.5. The SMILES string of the molecule is CCCOCC(=O)NCC1(C)CCCCC1. The number of ether oxygens (including phenoxy) is 1. The summed E-state index contributed by atoms with van der Waals surface area (Å²) in [5.74, 6) is 0.0280. The van der Waals surface area contributed by atoms with Gasteiger partial charge in [-0.2, -0.15) is 0 Å². The van der Waals surface area contributed by atoms with Gasteiger partial charge in [0, 0.05) is 13.2 Å². The second kappa shape index (κ2) is 6.89. The summed E-state index contributed by atoms with van der Waals surface area (Å²) in [5, 5.41) is 2.99. The molecule has 0 aromatic heterocycles. The van der Waals surface area contributed by atoms with E-state index in [1.54, 1.807) is 0 Å². The highest BCUT2D eigenvalue weighted by atomic mass is 16.5. The summed E-state index contributed by atoms with van der Waals surface area (Å²) >= 11 is 0. The number of carbonyl (C=O) groups is 1. The van der Waals surface area contributed by atoms with Crippen LogP contribution in [0.15, 0.2) is 0 Å². The van der Waals surface area contributed by atoms with Crippen molar-refractivity contribution < 1.29 is 9.53 Å². The molecule has 3 nitrogen and oxygen atoms in total. The first kappa shape index (κ1) is 13.5. The van der Waals surface area contributed by atoms with E-state index in [1.165, 1.54) is 32.1 Å². The standard InChI is InChI=1S/C13H25NO2/c1-3-9-16-10-12(15)14-11-13(2)7-5-4-6-8-13/h3-11H2,1-2H3,(H,14,15). The number of hydrogen-bond acceptors (Lipinski definition) is 2. The van der Waals surface area contributed by atoms with E-state index in [-0.39, 0.29) is 12.5 Å². The van der Waals surface area contributed by atoms with Crippen molar-refractivity contribution in [1.82, 2.24) is 5.32 Å². The van der Waals surface area contributed by atoms with Gasteiger partial charge in [0.05, 0.1) is 0 Å². The van der Waals surface area contributed by atoms with Gasteiger partial charge in [-0.05, 0) is 24.7 Å². The van der Waals surface area contributed by atoms with E-state index < -0.39 is 0 Å². The van der Waals surface area contributed by atoms with Crippen molar-refractivity contribution in [2.24, 2.45) is 5.41 Å². The number of rotatable bonds is 6. The molecule has 0 aliphatic heterocycles. The third kappa shape index (κ3) is 4.97. The molecule has 1 aliphatic rings. The molecule has 0 aromatic rings. The molecule has 0 unspecified atom stereocenters. The van der Waals surface area contributed by atoms with Crippen molar-refractivity contribution in [1.29, 1.82) is 0 Å². The van der Waals surface area contributed by atoms with Gasteiger partial charge in [0.2, 0.25) is 5.91 Å². The van der Waals surface area contributed by atoms with E-state index in [2.05, 4.69) is 12.2 Å². The van der Waals surface area contributed by atoms with E-state index in [9.17, 15) is 4.79 Å². The Labute approximate surface area is 98.9 Å². The van der Waals surface area contributed by atoms with Crippen LogP contribution in [0.3, 0.4) is 0 Å². The number of nitrogens with one attached hydrogen (secondary N) is 1. The first-order valence-electron chi connectivity index (χ1n) is 6.51. The summed E-state index contributed by atoms with van der Waals surface area (Å²) in [7, 11) is 0. The van der Waals surface area contributed by atoms with Gasteiger partial charge in [-0.25, -0.2) is 0 Å². The van der Waals surface area contributed by atoms with E-state index in [1.807, 2.05) is 6.92 Å². The van der Waals surface area contributed by atoms with Crippen LogP contribution in [0.1, 0.15) is 52.4 Å². The van der Waals surface area contributed by atoms with Gasteiger partial charge >= 0.3 is 0 Å². The Kier molecular flexibility index (Phi) is 5.81. The quantitative estimate of drug-likeness (QED) is 0.708. The zero-order chi connectivity index (χ0) is 11.9. The zero-order valence-corrected chi connectivity index (χ0v) is 10.7. The van der Waals surface area contributed by atoms with Crippen molar-refractivity contribution in [3.63, 3.8) is 0 Å². The summed E-state index contributed by atoms with van der Waals surface area (Å²) in [6, 6.07) is 0. The smallest absolute Gasteiger partial charge is 0.246 e. The molecular weight excluding hydrogens is 202 g/mol. The minimum atomic E-state index is 0.0280. The van der Waals surface area contributed by atoms with Crippen LogP contribution in [0.4, 0.5) is 0 Å². The number of hydrogen-bond donors (Lipinski definition) is 1. The second-order valence-corrected chi connectivity index (χ2v) is 5.20. The minimum absolute atomic E-state index is 0.0280. The van der Waals surface area contributed by atoms with Crippen LogP contribution in [0.25, 0.3) is 0 Å². The Balaban J connectivity index is 2.14. The molecule has 1 amide bonds. The Morgan fingerprint density at radius 2 is 2.00 bits per heavy atom. The highest BCUT2D eigenvalue weighted by Gasteiger charge is 2.26. The van der Waals surface area contributed by atoms with E-state index >= 15 is 0 Å². The van der Waals surface area contributed by atoms with Crippen LogP contribution in [-0.2, 0) is 9.53 Å². The van der Waals surface area contributed by atoms with Crippen molar-refractivity contribution >= 4 is 5.91 Å². The molecule has 0 aromatic carbocycles. The highest BCUT2D eigenvalue weighted by Crippen LogP contribution is 2.34. The molecule has 1 aliphatic carbocycles. The zero-order valence-electron chi connectivity index (χ0n) is 10.7. The largest absolute Gasteiger partial charge is 0.372 e. The Morgan fingerprint density at radius 1 is 1.31 bits per heavy atom. The lowest BCUT2D eigenvalue weighted by Crippen LogP contribution is -2.38. The van der Waals surface area contributed by atoms with Gasteiger partial charge in [0.15, 0.2) is 0 Å². The molecule has 0 radical (unpaired) electrons. The van der Waals surface area contributed by atoms with Crippen molar-refractivity contribution in [3.8, 4) is 0 Å². The van der Waals surface area contributed by atoms with Gasteiger partial charge in [-0.15, -0.1) is 0 Å². The topological polar surface area (TPSA) is 38.3 Å².